The lowest BCUT2D eigenvalue weighted by Gasteiger charge is -2.27. The lowest BCUT2D eigenvalue weighted by molar-refractivity contribution is 0.184. The number of nitrogens with zero attached hydrogens (tertiary/aromatic N) is 4. The van der Waals surface area contributed by atoms with Gasteiger partial charge in [-0.3, -0.25) is 5.32 Å². The van der Waals surface area contributed by atoms with Crippen LogP contribution >= 0.6 is 0 Å². The third kappa shape index (κ3) is 1.88. The van der Waals surface area contributed by atoms with Gasteiger partial charge in [-0.2, -0.15) is 10.1 Å². The van der Waals surface area contributed by atoms with Gasteiger partial charge in [-0.25, -0.2) is 9.79 Å². The van der Waals surface area contributed by atoms with Crippen molar-refractivity contribution in [3.8, 4) is 0 Å². The third-order valence-electron chi connectivity index (χ3n) is 3.66. The van der Waals surface area contributed by atoms with E-state index in [0.717, 1.165) is 16.7 Å². The van der Waals surface area contributed by atoms with Gasteiger partial charge in [0.25, 0.3) is 0 Å². The molecule has 0 bridgehead atoms. The van der Waals surface area contributed by atoms with E-state index in [1.165, 1.54) is 10.6 Å². The summed E-state index contributed by atoms with van der Waals surface area (Å²) in [5, 5.41) is 12.2. The molecule has 1 aromatic rings. The molecule has 104 valence electrons. The SMILES string of the molecule is CC1=NC2C(c3c(C)cc(C)cc3C)N=NN2C(=O)N1. The minimum absolute atomic E-state index is 0.225. The second-order valence-electron chi connectivity index (χ2n) is 5.36. The van der Waals surface area contributed by atoms with Crippen molar-refractivity contribution in [2.24, 2.45) is 15.3 Å². The van der Waals surface area contributed by atoms with E-state index in [2.05, 4.69) is 53.6 Å². The molecule has 2 heterocycles. The molecular formula is C14H17N5O. The summed E-state index contributed by atoms with van der Waals surface area (Å²) in [7, 11) is 0. The van der Waals surface area contributed by atoms with Crippen LogP contribution in [0.3, 0.4) is 0 Å². The number of urea groups is 1. The molecule has 3 rings (SSSR count). The van der Waals surface area contributed by atoms with Gasteiger partial charge < -0.3 is 0 Å². The van der Waals surface area contributed by atoms with Crippen molar-refractivity contribution in [3.63, 3.8) is 0 Å². The van der Waals surface area contributed by atoms with Crippen molar-refractivity contribution in [3.05, 3.63) is 34.4 Å². The van der Waals surface area contributed by atoms with Crippen LogP contribution in [0.5, 0.6) is 0 Å². The summed E-state index contributed by atoms with van der Waals surface area (Å²) in [5.41, 5.74) is 4.65. The highest BCUT2D eigenvalue weighted by Crippen LogP contribution is 2.37. The number of fused-ring (bicyclic) bond motifs is 1. The number of amides is 2. The number of rotatable bonds is 1. The van der Waals surface area contributed by atoms with Crippen LogP contribution in [0.25, 0.3) is 0 Å². The van der Waals surface area contributed by atoms with Gasteiger partial charge in [0.15, 0.2) is 6.17 Å². The monoisotopic (exact) mass is 271 g/mol. The largest absolute Gasteiger partial charge is 0.346 e. The van der Waals surface area contributed by atoms with Crippen molar-refractivity contribution < 1.29 is 4.79 Å². The van der Waals surface area contributed by atoms with Gasteiger partial charge >= 0.3 is 6.03 Å². The molecule has 20 heavy (non-hydrogen) atoms. The van der Waals surface area contributed by atoms with Crippen LogP contribution in [0.4, 0.5) is 4.79 Å². The number of hydrogen-bond donors (Lipinski definition) is 1. The summed E-state index contributed by atoms with van der Waals surface area (Å²) in [6.45, 7) is 7.97. The highest BCUT2D eigenvalue weighted by atomic mass is 16.2. The molecule has 0 saturated heterocycles. The molecule has 0 aromatic heterocycles. The van der Waals surface area contributed by atoms with Crippen LogP contribution in [0.1, 0.15) is 35.2 Å². The predicted octanol–water partition coefficient (Wildman–Crippen LogP) is 2.80. The summed E-state index contributed by atoms with van der Waals surface area (Å²) >= 11 is 0. The first-order valence-electron chi connectivity index (χ1n) is 6.60. The Bertz CT molecular complexity index is 626. The summed E-state index contributed by atoms with van der Waals surface area (Å²) in [5.74, 6) is 0.607. The number of nitrogens with one attached hydrogen (secondary N) is 1. The first-order chi connectivity index (χ1) is 9.47. The minimum Gasteiger partial charge on any atom is -0.295 e. The molecule has 2 amide bonds. The smallest absolute Gasteiger partial charge is 0.295 e. The van der Waals surface area contributed by atoms with E-state index in [9.17, 15) is 4.79 Å². The van der Waals surface area contributed by atoms with Crippen molar-refractivity contribution in [2.45, 2.75) is 39.9 Å². The first-order valence-corrected chi connectivity index (χ1v) is 6.60. The quantitative estimate of drug-likeness (QED) is 0.838. The fourth-order valence-electron chi connectivity index (χ4n) is 2.95. The van der Waals surface area contributed by atoms with Gasteiger partial charge in [-0.05, 0) is 44.4 Å². The zero-order valence-corrected chi connectivity index (χ0v) is 12.0. The molecule has 0 fully saturated rings. The van der Waals surface area contributed by atoms with Crippen LogP contribution in [0.2, 0.25) is 0 Å². The molecule has 2 aliphatic heterocycles. The second-order valence-corrected chi connectivity index (χ2v) is 5.36. The fourth-order valence-corrected chi connectivity index (χ4v) is 2.95. The predicted molar refractivity (Wildman–Crippen MR) is 75.5 cm³/mol. The number of amidine groups is 1. The molecule has 0 radical (unpaired) electrons. The molecule has 6 nitrogen and oxygen atoms in total. The van der Waals surface area contributed by atoms with Crippen molar-refractivity contribution >= 4 is 11.9 Å². The standard InChI is InChI=1S/C14H17N5O/c1-7-5-8(2)11(9(3)6-7)12-13-15-10(4)16-14(20)19(13)18-17-12/h5-6,12-13H,1-4H3,(H,15,16,20). The van der Waals surface area contributed by atoms with Gasteiger partial charge in [0, 0.05) is 0 Å². The van der Waals surface area contributed by atoms with Crippen molar-refractivity contribution in [1.29, 1.82) is 0 Å². The Morgan fingerprint density at radius 1 is 1.15 bits per heavy atom. The molecule has 0 saturated carbocycles. The minimum atomic E-state index is -0.371. The van der Waals surface area contributed by atoms with E-state index in [1.54, 1.807) is 6.92 Å². The van der Waals surface area contributed by atoms with Crippen LogP contribution < -0.4 is 5.32 Å². The lowest BCUT2D eigenvalue weighted by atomic mass is 9.93. The zero-order valence-electron chi connectivity index (χ0n) is 12.0. The number of carbonyl (C=O) groups is 1. The topological polar surface area (TPSA) is 69.4 Å². The van der Waals surface area contributed by atoms with Crippen LogP contribution in [-0.2, 0) is 0 Å². The van der Waals surface area contributed by atoms with Gasteiger partial charge in [0.1, 0.15) is 11.9 Å². The van der Waals surface area contributed by atoms with Crippen molar-refractivity contribution in [1.82, 2.24) is 10.3 Å². The van der Waals surface area contributed by atoms with Crippen LogP contribution in [-0.4, -0.2) is 23.0 Å². The Hall–Kier alpha value is -2.24. The molecule has 0 aliphatic carbocycles. The highest BCUT2D eigenvalue weighted by Gasteiger charge is 2.41. The Balaban J connectivity index is 2.06. The third-order valence-corrected chi connectivity index (χ3v) is 3.66. The van der Waals surface area contributed by atoms with E-state index in [0.29, 0.717) is 5.84 Å². The fraction of sp³-hybridized carbons (Fsp3) is 0.429. The maximum Gasteiger partial charge on any atom is 0.346 e. The zero-order chi connectivity index (χ0) is 14.4. The number of benzene rings is 1. The number of aryl methyl sites for hydroxylation is 3. The van der Waals surface area contributed by atoms with E-state index >= 15 is 0 Å². The van der Waals surface area contributed by atoms with Gasteiger partial charge in [0.2, 0.25) is 0 Å². The summed E-state index contributed by atoms with van der Waals surface area (Å²) in [6, 6.07) is 3.76. The molecule has 2 unspecified atom stereocenters. The number of hydrogen-bond acceptors (Lipinski definition) is 4. The Morgan fingerprint density at radius 2 is 1.80 bits per heavy atom. The molecular weight excluding hydrogens is 254 g/mol. The summed E-state index contributed by atoms with van der Waals surface area (Å²) < 4.78 is 0. The second kappa shape index (κ2) is 4.40. The maximum absolute atomic E-state index is 11.9. The lowest BCUT2D eigenvalue weighted by Crippen LogP contribution is -2.48. The summed E-state index contributed by atoms with van der Waals surface area (Å²) in [4.78, 5) is 16.3. The maximum atomic E-state index is 11.9. The highest BCUT2D eigenvalue weighted by molar-refractivity contribution is 5.98. The summed E-state index contributed by atoms with van der Waals surface area (Å²) in [6.07, 6.45) is -0.371. The molecule has 1 N–H and O–H groups in total. The Kier molecular flexibility index (Phi) is 2.81. The van der Waals surface area contributed by atoms with Crippen molar-refractivity contribution in [2.75, 3.05) is 0 Å². The van der Waals surface area contributed by atoms with Crippen LogP contribution in [0, 0.1) is 20.8 Å². The van der Waals surface area contributed by atoms with E-state index in [4.69, 9.17) is 0 Å². The van der Waals surface area contributed by atoms with Crippen LogP contribution in [0.15, 0.2) is 27.5 Å². The van der Waals surface area contributed by atoms with E-state index in [1.807, 2.05) is 0 Å². The molecule has 0 spiro atoms. The number of aliphatic imine (C=N–C) groups is 1. The normalized spacial score (nSPS) is 24.5. The Labute approximate surface area is 117 Å². The van der Waals surface area contributed by atoms with Gasteiger partial charge in [-0.15, -0.1) is 0 Å². The van der Waals surface area contributed by atoms with Gasteiger partial charge in [-0.1, -0.05) is 22.9 Å². The van der Waals surface area contributed by atoms with Gasteiger partial charge in [0.05, 0.1) is 0 Å². The molecule has 2 aliphatic rings. The first kappa shape index (κ1) is 12.8. The average molecular weight is 271 g/mol. The van der Waals surface area contributed by atoms with E-state index < -0.39 is 0 Å². The average Bonchev–Trinajstić information content (AvgIpc) is 2.72. The molecule has 2 atom stereocenters. The molecule has 6 heteroatoms. The Morgan fingerprint density at radius 3 is 2.45 bits per heavy atom. The van der Waals surface area contributed by atoms with E-state index in [-0.39, 0.29) is 18.2 Å². The molecule has 1 aromatic carbocycles. The number of carbonyl (C=O) groups excluding carboxylic acids is 1.